The van der Waals surface area contributed by atoms with E-state index in [1.54, 1.807) is 0 Å². The van der Waals surface area contributed by atoms with Crippen molar-refractivity contribution in [3.63, 3.8) is 0 Å². The molecule has 1 saturated carbocycles. The highest BCUT2D eigenvalue weighted by atomic mass is 32.1. The molecule has 1 aromatic heterocycles. The summed E-state index contributed by atoms with van der Waals surface area (Å²) < 4.78 is 0. The van der Waals surface area contributed by atoms with E-state index in [1.807, 2.05) is 30.4 Å². The second-order valence-corrected chi connectivity index (χ2v) is 12.4. The minimum absolute atomic E-state index is 0.0371. The number of hydrogen-bond acceptors (Lipinski definition) is 5. The molecule has 4 atom stereocenters. The molecule has 1 saturated heterocycles. The van der Waals surface area contributed by atoms with Crippen molar-refractivity contribution in [2.24, 2.45) is 0 Å². The van der Waals surface area contributed by atoms with E-state index in [9.17, 15) is 4.79 Å². The Balaban J connectivity index is 1.22. The molecule has 1 aliphatic carbocycles. The maximum absolute atomic E-state index is 13.2. The summed E-state index contributed by atoms with van der Waals surface area (Å²) in [5.41, 5.74) is 5.78. The van der Waals surface area contributed by atoms with Gasteiger partial charge in [0.2, 0.25) is 0 Å². The Morgan fingerprint density at radius 3 is 2.72 bits per heavy atom. The maximum Gasteiger partial charge on any atom is 0.252 e. The zero-order chi connectivity index (χ0) is 25.1. The monoisotopic (exact) mass is 520 g/mol. The van der Waals surface area contributed by atoms with Gasteiger partial charge in [-0.05, 0) is 85.8 Å². The number of thiophene rings is 1. The number of benzene rings is 2. The molecule has 2 aliphatic rings. The molecule has 0 radical (unpaired) electrons. The average molecular weight is 521 g/mol. The lowest BCUT2D eigenvalue weighted by Crippen LogP contribution is -2.51. The molecule has 7 heteroatoms. The van der Waals surface area contributed by atoms with Crippen LogP contribution in [0.5, 0.6) is 0 Å². The summed E-state index contributed by atoms with van der Waals surface area (Å²) in [6.07, 6.45) is 3.84. The molecule has 3 aromatic rings. The summed E-state index contributed by atoms with van der Waals surface area (Å²) in [5.74, 6) is -0.0371. The fourth-order valence-electron chi connectivity index (χ4n) is 4.98. The van der Waals surface area contributed by atoms with Crippen molar-refractivity contribution in [3.8, 4) is 10.4 Å². The predicted molar refractivity (Wildman–Crippen MR) is 155 cm³/mol. The topological polar surface area (TPSA) is 65.2 Å². The summed E-state index contributed by atoms with van der Waals surface area (Å²) in [4.78, 5) is 15.8. The molecule has 0 spiro atoms. The van der Waals surface area contributed by atoms with E-state index in [0.717, 1.165) is 47.7 Å². The molecule has 2 fully saturated rings. The number of hydrogen-bond donors (Lipinski definition) is 4. The molecular weight excluding hydrogens is 483 g/mol. The Bertz CT molecular complexity index is 1210. The highest BCUT2D eigenvalue weighted by molar-refractivity contribution is 7.17. The van der Waals surface area contributed by atoms with E-state index >= 15 is 0 Å². The van der Waals surface area contributed by atoms with Gasteiger partial charge in [0, 0.05) is 46.7 Å². The van der Waals surface area contributed by atoms with Crippen LogP contribution >= 0.6 is 20.6 Å². The summed E-state index contributed by atoms with van der Waals surface area (Å²) in [6, 6.07) is 20.0. The van der Waals surface area contributed by atoms with Gasteiger partial charge in [0.05, 0.1) is 12.1 Å². The van der Waals surface area contributed by atoms with E-state index in [-0.39, 0.29) is 11.9 Å². The van der Waals surface area contributed by atoms with Gasteiger partial charge in [-0.25, -0.2) is 0 Å². The van der Waals surface area contributed by atoms with Crippen molar-refractivity contribution in [2.75, 3.05) is 18.4 Å². The molecule has 3 unspecified atom stereocenters. The molecule has 1 amide bonds. The highest BCUT2D eigenvalue weighted by Crippen LogP contribution is 2.31. The van der Waals surface area contributed by atoms with Crippen molar-refractivity contribution >= 4 is 32.2 Å². The molecule has 1 aliphatic heterocycles. The van der Waals surface area contributed by atoms with Crippen molar-refractivity contribution < 1.29 is 4.79 Å². The molecule has 5 nitrogen and oxygen atoms in total. The van der Waals surface area contributed by atoms with E-state index in [4.69, 9.17) is 0 Å². The second-order valence-electron chi connectivity index (χ2n) is 10.3. The minimum atomic E-state index is -0.0902. The number of carbonyl (C=O) groups is 1. The first kappa shape index (κ1) is 25.4. The second kappa shape index (κ2) is 11.4. The largest absolute Gasteiger partial charge is 0.380 e. The molecule has 2 heterocycles. The Labute approximate surface area is 221 Å². The number of carbonyl (C=O) groups excluding carboxylic acids is 1. The summed E-state index contributed by atoms with van der Waals surface area (Å²) in [6.45, 7) is 6.90. The first-order valence-electron chi connectivity index (χ1n) is 13.0. The van der Waals surface area contributed by atoms with Crippen molar-refractivity contribution in [3.05, 3.63) is 76.2 Å². The third kappa shape index (κ3) is 6.18. The normalized spacial score (nSPS) is 20.6. The third-order valence-electron chi connectivity index (χ3n) is 7.35. The summed E-state index contributed by atoms with van der Waals surface area (Å²) in [5, 5.41) is 13.7. The van der Waals surface area contributed by atoms with E-state index in [2.05, 4.69) is 79.9 Å². The van der Waals surface area contributed by atoms with Gasteiger partial charge in [-0.2, -0.15) is 0 Å². The summed E-state index contributed by atoms with van der Waals surface area (Å²) >= 11 is 1.85. The Morgan fingerprint density at radius 2 is 1.97 bits per heavy atom. The fraction of sp³-hybridized carbons (Fsp3) is 0.414. The number of aryl methyl sites for hydroxylation is 1. The van der Waals surface area contributed by atoms with Gasteiger partial charge in [0.25, 0.3) is 5.91 Å². The average Bonchev–Trinajstić information content (AvgIpc) is 3.50. The Morgan fingerprint density at radius 1 is 1.11 bits per heavy atom. The maximum atomic E-state index is 13.2. The van der Waals surface area contributed by atoms with Gasteiger partial charge in [0.15, 0.2) is 0 Å². The Hall–Kier alpha value is -2.24. The van der Waals surface area contributed by atoms with Crippen LogP contribution in [0.1, 0.15) is 58.6 Å². The number of anilines is 1. The van der Waals surface area contributed by atoms with Gasteiger partial charge in [0.1, 0.15) is 0 Å². The predicted octanol–water partition coefficient (Wildman–Crippen LogP) is 5.48. The number of nitrogens with one attached hydrogen (secondary N) is 4. The standard InChI is InChI=1S/C29H37N4OPS/c1-18-6-7-23(33-24-15-30-16-24)14-27(18)29(34)32-19(2)20-4-3-5-21(12-20)28-11-10-26(36-28)17-31-22-8-9-25(35)13-22/h3-7,10-12,14,19,22,24-25,30-31,33H,8-9,13,15-17,35H2,1-2H3,(H,32,34)/t19-,22?,25?/m1/s1. The van der Waals surface area contributed by atoms with Crippen LogP contribution < -0.4 is 21.3 Å². The van der Waals surface area contributed by atoms with E-state index < -0.39 is 0 Å². The van der Waals surface area contributed by atoms with Crippen LogP contribution in [0.25, 0.3) is 10.4 Å². The highest BCUT2D eigenvalue weighted by Gasteiger charge is 2.21. The smallest absolute Gasteiger partial charge is 0.252 e. The molecule has 5 rings (SSSR count). The van der Waals surface area contributed by atoms with Gasteiger partial charge in [-0.15, -0.1) is 20.6 Å². The Kier molecular flexibility index (Phi) is 8.07. The number of rotatable bonds is 9. The molecular formula is C29H37N4OPS. The van der Waals surface area contributed by atoms with Gasteiger partial charge in [-0.3, -0.25) is 4.79 Å². The lowest BCUT2D eigenvalue weighted by atomic mass is 10.0. The van der Waals surface area contributed by atoms with Gasteiger partial charge >= 0.3 is 0 Å². The van der Waals surface area contributed by atoms with Crippen LogP contribution in [0.15, 0.2) is 54.6 Å². The van der Waals surface area contributed by atoms with Crippen LogP contribution in [0.2, 0.25) is 0 Å². The SMILES string of the molecule is Cc1ccc(NC2CNC2)cc1C(=O)N[C@H](C)c1cccc(-c2ccc(CNC3CCC(P)C3)s2)c1. The van der Waals surface area contributed by atoms with Crippen LogP contribution in [-0.2, 0) is 6.54 Å². The van der Waals surface area contributed by atoms with Gasteiger partial charge < -0.3 is 21.3 Å². The lowest BCUT2D eigenvalue weighted by molar-refractivity contribution is 0.0939. The minimum Gasteiger partial charge on any atom is -0.380 e. The molecule has 36 heavy (non-hydrogen) atoms. The van der Waals surface area contributed by atoms with Crippen molar-refractivity contribution in [2.45, 2.75) is 63.4 Å². The summed E-state index contributed by atoms with van der Waals surface area (Å²) in [7, 11) is 2.97. The molecule has 190 valence electrons. The van der Waals surface area contributed by atoms with E-state index in [1.165, 1.54) is 34.6 Å². The van der Waals surface area contributed by atoms with Gasteiger partial charge in [-0.1, -0.05) is 24.3 Å². The van der Waals surface area contributed by atoms with Crippen LogP contribution in [0, 0.1) is 6.92 Å². The first-order chi connectivity index (χ1) is 17.4. The van der Waals surface area contributed by atoms with Crippen molar-refractivity contribution in [1.82, 2.24) is 16.0 Å². The molecule has 0 bridgehead atoms. The fourth-order valence-corrected chi connectivity index (χ4v) is 6.45. The van der Waals surface area contributed by atoms with E-state index in [0.29, 0.717) is 12.1 Å². The zero-order valence-corrected chi connectivity index (χ0v) is 23.1. The first-order valence-corrected chi connectivity index (χ1v) is 14.5. The van der Waals surface area contributed by atoms with Crippen LogP contribution in [-0.4, -0.2) is 36.7 Å². The quantitative estimate of drug-likeness (QED) is 0.282. The number of amides is 1. The van der Waals surface area contributed by atoms with Crippen molar-refractivity contribution in [1.29, 1.82) is 0 Å². The zero-order valence-electron chi connectivity index (χ0n) is 21.1. The molecule has 2 aromatic carbocycles. The third-order valence-corrected chi connectivity index (χ3v) is 9.09. The van der Waals surface area contributed by atoms with Crippen LogP contribution in [0.4, 0.5) is 5.69 Å². The molecule has 4 N–H and O–H groups in total. The lowest BCUT2D eigenvalue weighted by Gasteiger charge is -2.29. The van der Waals surface area contributed by atoms with Crippen LogP contribution in [0.3, 0.4) is 0 Å².